The lowest BCUT2D eigenvalue weighted by Crippen LogP contribution is -2.09. The fourth-order valence-corrected chi connectivity index (χ4v) is 0.845. The van der Waals surface area contributed by atoms with Gasteiger partial charge in [0, 0.05) is 5.70 Å². The summed E-state index contributed by atoms with van der Waals surface area (Å²) < 4.78 is 0. The summed E-state index contributed by atoms with van der Waals surface area (Å²) in [7, 11) is 0. The SMILES string of the molecule is CC/C=C(\CC)NCCl. The predicted octanol–water partition coefficient (Wildman–Crippen LogP) is 2.48. The Bertz CT molecular complexity index is 88.9. The largest absolute Gasteiger partial charge is 0.375 e. The van der Waals surface area contributed by atoms with Crippen molar-refractivity contribution in [3.63, 3.8) is 0 Å². The normalized spacial score (nSPS) is 11.7. The van der Waals surface area contributed by atoms with Crippen LogP contribution in [0.1, 0.15) is 26.7 Å². The van der Waals surface area contributed by atoms with Gasteiger partial charge in [-0.25, -0.2) is 0 Å². The van der Waals surface area contributed by atoms with E-state index in [1.807, 2.05) is 0 Å². The van der Waals surface area contributed by atoms with Crippen molar-refractivity contribution in [3.05, 3.63) is 11.8 Å². The van der Waals surface area contributed by atoms with Crippen molar-refractivity contribution >= 4 is 11.6 Å². The summed E-state index contributed by atoms with van der Waals surface area (Å²) in [5, 5.41) is 3.06. The topological polar surface area (TPSA) is 12.0 Å². The zero-order valence-corrected chi connectivity index (χ0v) is 6.83. The van der Waals surface area contributed by atoms with Crippen molar-refractivity contribution in [1.29, 1.82) is 0 Å². The molecular formula is C7H14ClN. The first-order valence-electron chi connectivity index (χ1n) is 3.34. The molecule has 0 aromatic rings. The van der Waals surface area contributed by atoms with Gasteiger partial charge in [-0.3, -0.25) is 0 Å². The van der Waals surface area contributed by atoms with E-state index >= 15 is 0 Å². The third kappa shape index (κ3) is 4.34. The van der Waals surface area contributed by atoms with E-state index < -0.39 is 0 Å². The van der Waals surface area contributed by atoms with Gasteiger partial charge < -0.3 is 5.32 Å². The molecular weight excluding hydrogens is 134 g/mol. The molecule has 2 heteroatoms. The van der Waals surface area contributed by atoms with Gasteiger partial charge in [0.25, 0.3) is 0 Å². The number of hydrogen-bond acceptors (Lipinski definition) is 1. The lowest BCUT2D eigenvalue weighted by atomic mass is 10.3. The van der Waals surface area contributed by atoms with Gasteiger partial charge in [0.2, 0.25) is 0 Å². The number of nitrogens with one attached hydrogen (secondary N) is 1. The van der Waals surface area contributed by atoms with Crippen LogP contribution in [-0.2, 0) is 0 Å². The number of rotatable bonds is 4. The minimum atomic E-state index is 0.514. The molecule has 0 aromatic heterocycles. The second kappa shape index (κ2) is 5.96. The third-order valence-electron chi connectivity index (χ3n) is 1.13. The molecule has 1 nitrogen and oxygen atoms in total. The number of halogens is 1. The second-order valence-corrected chi connectivity index (χ2v) is 2.07. The summed E-state index contributed by atoms with van der Waals surface area (Å²) in [6.07, 6.45) is 4.27. The summed E-state index contributed by atoms with van der Waals surface area (Å²) >= 11 is 5.46. The van der Waals surface area contributed by atoms with Gasteiger partial charge in [0.15, 0.2) is 0 Å². The van der Waals surface area contributed by atoms with Crippen molar-refractivity contribution in [2.45, 2.75) is 26.7 Å². The molecule has 0 amide bonds. The van der Waals surface area contributed by atoms with Crippen LogP contribution in [0.3, 0.4) is 0 Å². The molecule has 0 aliphatic carbocycles. The predicted molar refractivity (Wildman–Crippen MR) is 42.5 cm³/mol. The van der Waals surface area contributed by atoms with E-state index in [-0.39, 0.29) is 0 Å². The molecule has 0 rings (SSSR count). The highest BCUT2D eigenvalue weighted by molar-refractivity contribution is 6.17. The van der Waals surface area contributed by atoms with Gasteiger partial charge in [0.1, 0.15) is 0 Å². The maximum atomic E-state index is 5.46. The van der Waals surface area contributed by atoms with E-state index in [0.29, 0.717) is 6.00 Å². The van der Waals surface area contributed by atoms with Crippen molar-refractivity contribution in [1.82, 2.24) is 5.32 Å². The summed E-state index contributed by atoms with van der Waals surface area (Å²) in [4.78, 5) is 0. The van der Waals surface area contributed by atoms with Crippen molar-refractivity contribution in [2.75, 3.05) is 6.00 Å². The molecule has 0 radical (unpaired) electrons. The molecule has 0 saturated heterocycles. The summed E-state index contributed by atoms with van der Waals surface area (Å²) in [6, 6.07) is 0.514. The van der Waals surface area contributed by atoms with Crippen LogP contribution in [-0.4, -0.2) is 6.00 Å². The minimum absolute atomic E-state index is 0.514. The Morgan fingerprint density at radius 3 is 2.56 bits per heavy atom. The average molecular weight is 148 g/mol. The van der Waals surface area contributed by atoms with Crippen LogP contribution in [0.2, 0.25) is 0 Å². The first kappa shape index (κ1) is 8.83. The molecule has 0 fully saturated rings. The number of allylic oxidation sites excluding steroid dienone is 2. The molecule has 0 saturated carbocycles. The molecule has 0 spiro atoms. The molecule has 0 bridgehead atoms. The Morgan fingerprint density at radius 2 is 2.22 bits per heavy atom. The zero-order chi connectivity index (χ0) is 7.11. The standard InChI is InChI=1S/C7H14ClN/c1-3-5-7(4-2)9-6-8/h5,9H,3-4,6H2,1-2H3/b7-5+. The van der Waals surface area contributed by atoms with Crippen LogP contribution in [0.15, 0.2) is 11.8 Å². The van der Waals surface area contributed by atoms with Gasteiger partial charge in [-0.1, -0.05) is 19.9 Å². The first-order chi connectivity index (χ1) is 4.35. The molecule has 0 heterocycles. The third-order valence-corrected chi connectivity index (χ3v) is 1.26. The Kier molecular flexibility index (Phi) is 5.85. The lowest BCUT2D eigenvalue weighted by Gasteiger charge is -2.02. The summed E-state index contributed by atoms with van der Waals surface area (Å²) in [6.45, 7) is 4.23. The lowest BCUT2D eigenvalue weighted by molar-refractivity contribution is 0.862. The maximum absolute atomic E-state index is 5.46. The molecule has 9 heavy (non-hydrogen) atoms. The summed E-state index contributed by atoms with van der Waals surface area (Å²) in [5.74, 6) is 0. The number of hydrogen-bond donors (Lipinski definition) is 1. The van der Waals surface area contributed by atoms with Crippen LogP contribution in [0.25, 0.3) is 0 Å². The molecule has 0 aliphatic heterocycles. The molecule has 1 N–H and O–H groups in total. The Morgan fingerprint density at radius 1 is 1.56 bits per heavy atom. The minimum Gasteiger partial charge on any atom is -0.375 e. The quantitative estimate of drug-likeness (QED) is 0.476. The Hall–Kier alpha value is -0.170. The molecule has 54 valence electrons. The van der Waals surface area contributed by atoms with Crippen molar-refractivity contribution in [2.24, 2.45) is 0 Å². The average Bonchev–Trinajstić information content (AvgIpc) is 1.88. The monoisotopic (exact) mass is 147 g/mol. The van der Waals surface area contributed by atoms with Gasteiger partial charge in [-0.05, 0) is 12.8 Å². The van der Waals surface area contributed by atoms with Crippen LogP contribution in [0.4, 0.5) is 0 Å². The molecule has 0 atom stereocenters. The first-order valence-corrected chi connectivity index (χ1v) is 3.87. The van der Waals surface area contributed by atoms with E-state index in [4.69, 9.17) is 11.6 Å². The van der Waals surface area contributed by atoms with Gasteiger partial charge in [0.05, 0.1) is 6.00 Å². The van der Waals surface area contributed by atoms with E-state index in [2.05, 4.69) is 25.2 Å². The Labute approximate surface area is 62.1 Å². The summed E-state index contributed by atoms with van der Waals surface area (Å²) in [5.41, 5.74) is 1.24. The van der Waals surface area contributed by atoms with Crippen molar-refractivity contribution in [3.8, 4) is 0 Å². The van der Waals surface area contributed by atoms with E-state index in [0.717, 1.165) is 12.8 Å². The number of alkyl halides is 1. The second-order valence-electron chi connectivity index (χ2n) is 1.80. The zero-order valence-electron chi connectivity index (χ0n) is 6.08. The van der Waals surface area contributed by atoms with Gasteiger partial charge >= 0.3 is 0 Å². The van der Waals surface area contributed by atoms with Crippen LogP contribution >= 0.6 is 11.6 Å². The van der Waals surface area contributed by atoms with Crippen molar-refractivity contribution < 1.29 is 0 Å². The maximum Gasteiger partial charge on any atom is 0.0899 e. The fraction of sp³-hybridized carbons (Fsp3) is 0.714. The highest BCUT2D eigenvalue weighted by Crippen LogP contribution is 1.96. The van der Waals surface area contributed by atoms with E-state index in [1.54, 1.807) is 0 Å². The van der Waals surface area contributed by atoms with E-state index in [1.165, 1.54) is 5.70 Å². The highest BCUT2D eigenvalue weighted by atomic mass is 35.5. The molecule has 0 aliphatic rings. The van der Waals surface area contributed by atoms with Crippen LogP contribution in [0.5, 0.6) is 0 Å². The smallest absolute Gasteiger partial charge is 0.0899 e. The van der Waals surface area contributed by atoms with Gasteiger partial charge in [-0.2, -0.15) is 0 Å². The van der Waals surface area contributed by atoms with Crippen LogP contribution < -0.4 is 5.32 Å². The Balaban J connectivity index is 3.53. The highest BCUT2D eigenvalue weighted by Gasteiger charge is 1.86. The van der Waals surface area contributed by atoms with Gasteiger partial charge in [-0.15, -0.1) is 11.6 Å². The van der Waals surface area contributed by atoms with Crippen LogP contribution in [0, 0.1) is 0 Å². The fourth-order valence-electron chi connectivity index (χ4n) is 0.674. The molecule has 0 aromatic carbocycles. The van der Waals surface area contributed by atoms with E-state index in [9.17, 15) is 0 Å². The molecule has 0 unspecified atom stereocenters.